The second kappa shape index (κ2) is 4.19. The molecule has 3 rings (SSSR count). The van der Waals surface area contributed by atoms with Gasteiger partial charge in [0.2, 0.25) is 0 Å². The van der Waals surface area contributed by atoms with Crippen LogP contribution < -0.4 is 10.6 Å². The topological polar surface area (TPSA) is 66.6 Å². The summed E-state index contributed by atoms with van der Waals surface area (Å²) in [6.45, 7) is 0.957. The predicted octanol–water partition coefficient (Wildman–Crippen LogP) is 2.35. The van der Waals surface area contributed by atoms with Crippen LogP contribution in [0.15, 0.2) is 18.2 Å². The maximum atomic E-state index is 11.3. The first-order valence-corrected chi connectivity index (χ1v) is 6.55. The summed E-state index contributed by atoms with van der Waals surface area (Å²) in [5.74, 6) is -0.161. The Bertz CT molecular complexity index is 479. The van der Waals surface area contributed by atoms with Crippen molar-refractivity contribution in [2.45, 2.75) is 31.7 Å². The zero-order valence-electron chi connectivity index (χ0n) is 10.3. The first-order valence-electron chi connectivity index (χ1n) is 6.55. The molecule has 18 heavy (non-hydrogen) atoms. The van der Waals surface area contributed by atoms with Gasteiger partial charge < -0.3 is 15.7 Å². The van der Waals surface area contributed by atoms with Crippen LogP contribution in [0, 0.1) is 5.92 Å². The van der Waals surface area contributed by atoms with E-state index in [0.29, 0.717) is 17.3 Å². The molecule has 0 bridgehead atoms. The van der Waals surface area contributed by atoms with Gasteiger partial charge in [-0.25, -0.2) is 4.79 Å². The Kier molecular flexibility index (Phi) is 2.65. The number of aromatic carboxylic acids is 1. The summed E-state index contributed by atoms with van der Waals surface area (Å²) in [6, 6.07) is 5.65. The molecule has 1 aromatic carbocycles. The van der Waals surface area contributed by atoms with Crippen molar-refractivity contribution in [1.29, 1.82) is 0 Å². The van der Waals surface area contributed by atoms with Crippen molar-refractivity contribution in [2.24, 2.45) is 5.92 Å². The molecule has 0 heterocycles. The normalized spacial score (nSPS) is 18.7. The highest BCUT2D eigenvalue weighted by atomic mass is 16.4. The Morgan fingerprint density at radius 2 is 2.06 bits per heavy atom. The van der Waals surface area contributed by atoms with Gasteiger partial charge in [-0.05, 0) is 43.7 Å². The molecule has 0 aliphatic heterocycles. The van der Waals surface area contributed by atoms with Gasteiger partial charge in [0.15, 0.2) is 0 Å². The predicted molar refractivity (Wildman–Crippen MR) is 70.9 cm³/mol. The first kappa shape index (κ1) is 11.4. The fraction of sp³-hybridized carbons (Fsp3) is 0.500. The number of hydrogen-bond acceptors (Lipinski definition) is 3. The Hall–Kier alpha value is -1.71. The number of benzene rings is 1. The van der Waals surface area contributed by atoms with Gasteiger partial charge in [0.05, 0.1) is 16.9 Å². The molecule has 0 aromatic heterocycles. The van der Waals surface area contributed by atoms with Crippen molar-refractivity contribution in [1.82, 2.24) is 0 Å². The number of anilines is 2. The van der Waals surface area contributed by atoms with Crippen molar-refractivity contribution in [3.05, 3.63) is 23.8 Å². The van der Waals surface area contributed by atoms with E-state index in [1.807, 2.05) is 0 Å². The molecule has 3 N–H and O–H groups in total. The summed E-state index contributed by atoms with van der Waals surface area (Å²) < 4.78 is 0. The molecule has 0 atom stereocenters. The molecule has 0 unspecified atom stereocenters. The fourth-order valence-electron chi connectivity index (χ4n) is 2.44. The van der Waals surface area contributed by atoms with Crippen LogP contribution in [0.3, 0.4) is 0 Å². The van der Waals surface area contributed by atoms with Crippen LogP contribution in [0.25, 0.3) is 0 Å². The number of carbonyl (C=O) groups is 1. The number of rotatable bonds is 5. The molecule has 96 valence electrons. The van der Waals surface area contributed by atoms with Gasteiger partial charge in [-0.3, -0.25) is 0 Å². The monoisotopic (exact) mass is 246 g/mol. The van der Waals surface area contributed by atoms with Crippen molar-refractivity contribution in [2.75, 3.05) is 17.2 Å². The molecule has 0 radical (unpaired) electrons. The maximum absolute atomic E-state index is 11.3. The van der Waals surface area contributed by atoms with E-state index in [1.54, 1.807) is 18.2 Å². The van der Waals surface area contributed by atoms with Crippen LogP contribution in [-0.2, 0) is 0 Å². The number of carboxylic acids is 1. The highest BCUT2D eigenvalue weighted by Gasteiger charge is 2.36. The minimum atomic E-state index is -0.890. The molecule has 1 aromatic rings. The third-order valence-corrected chi connectivity index (χ3v) is 3.72. The Morgan fingerprint density at radius 3 is 2.61 bits per heavy atom. The second-order valence-corrected chi connectivity index (χ2v) is 5.38. The van der Waals surface area contributed by atoms with Crippen LogP contribution in [0.4, 0.5) is 11.4 Å². The van der Waals surface area contributed by atoms with Gasteiger partial charge in [-0.15, -0.1) is 0 Å². The van der Waals surface area contributed by atoms with E-state index < -0.39 is 5.97 Å². The van der Waals surface area contributed by atoms with E-state index in [4.69, 9.17) is 5.73 Å². The SMILES string of the molecule is Nc1cccc(C(=O)O)c1N(CC1CC1)C1CC1. The van der Waals surface area contributed by atoms with Gasteiger partial charge >= 0.3 is 5.97 Å². The minimum Gasteiger partial charge on any atom is -0.478 e. The number of nitrogen functional groups attached to an aromatic ring is 1. The lowest BCUT2D eigenvalue weighted by Gasteiger charge is -2.27. The van der Waals surface area contributed by atoms with E-state index in [1.165, 1.54) is 12.8 Å². The second-order valence-electron chi connectivity index (χ2n) is 5.38. The van der Waals surface area contributed by atoms with Crippen LogP contribution in [0.5, 0.6) is 0 Å². The summed E-state index contributed by atoms with van der Waals surface area (Å²) in [7, 11) is 0. The molecular weight excluding hydrogens is 228 g/mol. The van der Waals surface area contributed by atoms with Crippen LogP contribution in [-0.4, -0.2) is 23.7 Å². The van der Waals surface area contributed by atoms with Gasteiger partial charge in [-0.1, -0.05) is 6.07 Å². The van der Waals surface area contributed by atoms with E-state index in [9.17, 15) is 9.90 Å². The lowest BCUT2D eigenvalue weighted by atomic mass is 10.1. The number of nitrogens with zero attached hydrogens (tertiary/aromatic N) is 1. The molecule has 0 amide bonds. The summed E-state index contributed by atoms with van der Waals surface area (Å²) in [6.07, 6.45) is 4.83. The third kappa shape index (κ3) is 2.15. The lowest BCUT2D eigenvalue weighted by molar-refractivity contribution is 0.0697. The zero-order valence-corrected chi connectivity index (χ0v) is 10.3. The molecule has 2 fully saturated rings. The highest BCUT2D eigenvalue weighted by Crippen LogP contribution is 2.41. The largest absolute Gasteiger partial charge is 0.478 e. The molecule has 2 aliphatic rings. The number of para-hydroxylation sites is 1. The molecular formula is C14H18N2O2. The zero-order chi connectivity index (χ0) is 12.7. The van der Waals surface area contributed by atoms with Gasteiger partial charge in [0, 0.05) is 12.6 Å². The molecule has 2 aliphatic carbocycles. The van der Waals surface area contributed by atoms with Crippen molar-refractivity contribution < 1.29 is 9.90 Å². The Labute approximate surface area is 106 Å². The average Bonchev–Trinajstić information content (AvgIpc) is 3.19. The van der Waals surface area contributed by atoms with Crippen LogP contribution >= 0.6 is 0 Å². The first-order chi connectivity index (χ1) is 8.66. The number of carboxylic acid groups (broad SMARTS) is 1. The highest BCUT2D eigenvalue weighted by molar-refractivity contribution is 5.98. The maximum Gasteiger partial charge on any atom is 0.337 e. The van der Waals surface area contributed by atoms with Crippen molar-refractivity contribution >= 4 is 17.3 Å². The molecule has 0 spiro atoms. The van der Waals surface area contributed by atoms with Gasteiger partial charge in [0.25, 0.3) is 0 Å². The number of hydrogen-bond donors (Lipinski definition) is 2. The average molecular weight is 246 g/mol. The molecule has 2 saturated carbocycles. The Morgan fingerprint density at radius 1 is 1.33 bits per heavy atom. The standard InChI is InChI=1S/C14H18N2O2/c15-12-3-1-2-11(14(17)18)13(12)16(10-6-7-10)8-9-4-5-9/h1-3,9-10H,4-8,15H2,(H,17,18). The molecule has 0 saturated heterocycles. The smallest absolute Gasteiger partial charge is 0.337 e. The van der Waals surface area contributed by atoms with Crippen molar-refractivity contribution in [3.63, 3.8) is 0 Å². The third-order valence-electron chi connectivity index (χ3n) is 3.72. The molecule has 4 heteroatoms. The number of nitrogens with two attached hydrogens (primary N) is 1. The summed E-state index contributed by atoms with van der Waals surface area (Å²) in [4.78, 5) is 13.6. The Balaban J connectivity index is 1.98. The lowest BCUT2D eigenvalue weighted by Crippen LogP contribution is -2.30. The fourth-order valence-corrected chi connectivity index (χ4v) is 2.44. The van der Waals surface area contributed by atoms with Crippen molar-refractivity contribution in [3.8, 4) is 0 Å². The minimum absolute atomic E-state index is 0.336. The van der Waals surface area contributed by atoms with Gasteiger partial charge in [0.1, 0.15) is 0 Å². The van der Waals surface area contributed by atoms with E-state index in [-0.39, 0.29) is 0 Å². The van der Waals surface area contributed by atoms with Crippen LogP contribution in [0.1, 0.15) is 36.0 Å². The van der Waals surface area contributed by atoms with E-state index >= 15 is 0 Å². The summed E-state index contributed by atoms with van der Waals surface area (Å²) in [5, 5.41) is 9.31. The van der Waals surface area contributed by atoms with Gasteiger partial charge in [-0.2, -0.15) is 0 Å². The van der Waals surface area contributed by atoms with Crippen LogP contribution in [0.2, 0.25) is 0 Å². The summed E-state index contributed by atoms with van der Waals surface area (Å²) >= 11 is 0. The molecule has 4 nitrogen and oxygen atoms in total. The van der Waals surface area contributed by atoms with E-state index in [2.05, 4.69) is 4.90 Å². The quantitative estimate of drug-likeness (QED) is 0.783. The van der Waals surface area contributed by atoms with E-state index in [0.717, 1.165) is 31.0 Å². The summed E-state index contributed by atoms with van der Waals surface area (Å²) in [5.41, 5.74) is 7.67.